The number of nitrogens with zero attached hydrogens (tertiary/aromatic N) is 3. The Balaban J connectivity index is 2.04. The van der Waals surface area contributed by atoms with Gasteiger partial charge in [-0.25, -0.2) is 4.79 Å². The molecule has 0 saturated carbocycles. The summed E-state index contributed by atoms with van der Waals surface area (Å²) < 4.78 is 0. The lowest BCUT2D eigenvalue weighted by atomic mass is 9.96. The van der Waals surface area contributed by atoms with Crippen LogP contribution in [0.15, 0.2) is 17.6 Å². The Morgan fingerprint density at radius 2 is 2.04 bits per heavy atom. The summed E-state index contributed by atoms with van der Waals surface area (Å²) in [6.07, 6.45) is 1.94. The molecule has 0 radical (unpaired) electrons. The molecule has 2 aliphatic rings. The molecular weight excluding hydrogens is 310 g/mol. The highest BCUT2D eigenvalue weighted by atomic mass is 16.2. The van der Waals surface area contributed by atoms with Crippen LogP contribution in [0.4, 0.5) is 4.79 Å². The third-order valence-corrected chi connectivity index (χ3v) is 4.20. The fraction of sp³-hybridized carbons (Fsp3) is 0.625. The van der Waals surface area contributed by atoms with Crippen molar-refractivity contribution >= 4 is 23.6 Å². The number of aliphatic imine (C=N–C) groups is 1. The number of rotatable bonds is 7. The van der Waals surface area contributed by atoms with Gasteiger partial charge in [-0.05, 0) is 6.42 Å². The smallest absolute Gasteiger partial charge is 0.314 e. The highest BCUT2D eigenvalue weighted by Crippen LogP contribution is 2.15. The molecule has 0 aromatic rings. The molecule has 0 aromatic heterocycles. The summed E-state index contributed by atoms with van der Waals surface area (Å²) in [6, 6.07) is -0.697. The molecule has 2 rings (SSSR count). The van der Waals surface area contributed by atoms with Gasteiger partial charge in [-0.3, -0.25) is 29.7 Å². The quantitative estimate of drug-likeness (QED) is 0.376. The van der Waals surface area contributed by atoms with Gasteiger partial charge < -0.3 is 5.32 Å². The van der Waals surface area contributed by atoms with E-state index in [1.807, 2.05) is 6.92 Å². The maximum Gasteiger partial charge on any atom is 0.331 e. The standard InChI is InChI=1S/C16H25N5O3/c1-3-8-21-15(23)13(14(22)19-16(21)24)12(4-2)18-7-11-20-9-5-17-6-10-20/h3,13,17H,1,4-11H2,2H3,(H,19,22,24). The number of nitrogens with one attached hydrogen (secondary N) is 2. The number of amides is 4. The Morgan fingerprint density at radius 3 is 2.67 bits per heavy atom. The minimum Gasteiger partial charge on any atom is -0.314 e. The molecule has 1 unspecified atom stereocenters. The van der Waals surface area contributed by atoms with Crippen LogP contribution >= 0.6 is 0 Å². The molecule has 2 heterocycles. The Morgan fingerprint density at radius 1 is 1.33 bits per heavy atom. The summed E-state index contributed by atoms with van der Waals surface area (Å²) in [7, 11) is 0. The van der Waals surface area contributed by atoms with Gasteiger partial charge in [0.15, 0.2) is 5.92 Å². The number of imide groups is 2. The summed E-state index contributed by atoms with van der Waals surface area (Å²) in [5.74, 6) is -2.13. The monoisotopic (exact) mass is 335 g/mol. The van der Waals surface area contributed by atoms with E-state index in [-0.39, 0.29) is 6.54 Å². The highest BCUT2D eigenvalue weighted by Gasteiger charge is 2.42. The van der Waals surface area contributed by atoms with Crippen molar-refractivity contribution < 1.29 is 14.4 Å². The molecule has 2 N–H and O–H groups in total. The number of barbiturate groups is 1. The van der Waals surface area contributed by atoms with Crippen molar-refractivity contribution in [3.05, 3.63) is 12.7 Å². The zero-order chi connectivity index (χ0) is 17.5. The van der Waals surface area contributed by atoms with E-state index < -0.39 is 23.8 Å². The van der Waals surface area contributed by atoms with E-state index in [4.69, 9.17) is 0 Å². The molecule has 8 heteroatoms. The second-order valence-corrected chi connectivity index (χ2v) is 5.78. The van der Waals surface area contributed by atoms with Gasteiger partial charge in [-0.15, -0.1) is 6.58 Å². The summed E-state index contributed by atoms with van der Waals surface area (Å²) in [4.78, 5) is 44.2. The summed E-state index contributed by atoms with van der Waals surface area (Å²) in [6.45, 7) is 10.7. The first-order valence-corrected chi connectivity index (χ1v) is 8.31. The number of hydrogen-bond acceptors (Lipinski definition) is 6. The van der Waals surface area contributed by atoms with E-state index in [1.54, 1.807) is 0 Å². The van der Waals surface area contributed by atoms with Gasteiger partial charge in [0.1, 0.15) is 0 Å². The van der Waals surface area contributed by atoms with Crippen LogP contribution in [-0.4, -0.2) is 79.2 Å². The second-order valence-electron chi connectivity index (χ2n) is 5.78. The maximum atomic E-state index is 12.5. The first kappa shape index (κ1) is 18.3. The normalized spacial score (nSPS) is 23.4. The van der Waals surface area contributed by atoms with Gasteiger partial charge in [-0.1, -0.05) is 13.0 Å². The molecule has 2 saturated heterocycles. The van der Waals surface area contributed by atoms with Crippen LogP contribution in [-0.2, 0) is 9.59 Å². The van der Waals surface area contributed by atoms with E-state index in [1.165, 1.54) is 6.08 Å². The minimum absolute atomic E-state index is 0.0756. The molecule has 0 spiro atoms. The van der Waals surface area contributed by atoms with Crippen molar-refractivity contribution in [3.63, 3.8) is 0 Å². The van der Waals surface area contributed by atoms with Crippen LogP contribution in [0.3, 0.4) is 0 Å². The minimum atomic E-state index is -1.02. The first-order valence-electron chi connectivity index (χ1n) is 8.31. The van der Waals surface area contributed by atoms with E-state index in [0.717, 1.165) is 37.6 Å². The summed E-state index contributed by atoms with van der Waals surface area (Å²) in [5, 5.41) is 5.52. The third-order valence-electron chi connectivity index (χ3n) is 4.20. The number of carbonyl (C=O) groups is 3. The van der Waals surface area contributed by atoms with Gasteiger partial charge in [0.05, 0.1) is 6.54 Å². The average Bonchev–Trinajstić information content (AvgIpc) is 2.58. The molecule has 2 aliphatic heterocycles. The molecule has 24 heavy (non-hydrogen) atoms. The van der Waals surface area contributed by atoms with Crippen LogP contribution in [0.5, 0.6) is 0 Å². The first-order chi connectivity index (χ1) is 11.6. The third kappa shape index (κ3) is 4.27. The number of carbonyl (C=O) groups excluding carboxylic acids is 3. The van der Waals surface area contributed by atoms with Crippen molar-refractivity contribution in [2.75, 3.05) is 45.8 Å². The topological polar surface area (TPSA) is 94.1 Å². The van der Waals surface area contributed by atoms with E-state index in [2.05, 4.69) is 27.1 Å². The fourth-order valence-electron chi connectivity index (χ4n) is 2.89. The Labute approximate surface area is 142 Å². The Hall–Kier alpha value is -2.06. The number of piperazine rings is 1. The number of hydrogen-bond donors (Lipinski definition) is 2. The van der Waals surface area contributed by atoms with E-state index in [9.17, 15) is 14.4 Å². The molecule has 0 aromatic carbocycles. The predicted molar refractivity (Wildman–Crippen MR) is 90.8 cm³/mol. The molecular formula is C16H25N5O3. The van der Waals surface area contributed by atoms with Crippen LogP contribution < -0.4 is 10.6 Å². The van der Waals surface area contributed by atoms with Gasteiger partial charge >= 0.3 is 6.03 Å². The zero-order valence-corrected chi connectivity index (χ0v) is 14.1. The van der Waals surface area contributed by atoms with Gasteiger partial charge in [-0.2, -0.15) is 0 Å². The fourth-order valence-corrected chi connectivity index (χ4v) is 2.89. The van der Waals surface area contributed by atoms with E-state index >= 15 is 0 Å². The van der Waals surface area contributed by atoms with E-state index in [0.29, 0.717) is 18.7 Å². The second kappa shape index (κ2) is 8.70. The molecule has 1 atom stereocenters. The molecule has 2 fully saturated rings. The Kier molecular flexibility index (Phi) is 6.62. The van der Waals surface area contributed by atoms with Crippen molar-refractivity contribution in [2.24, 2.45) is 10.9 Å². The van der Waals surface area contributed by atoms with Crippen LogP contribution in [0.2, 0.25) is 0 Å². The largest absolute Gasteiger partial charge is 0.331 e. The number of urea groups is 1. The van der Waals surface area contributed by atoms with Crippen LogP contribution in [0.25, 0.3) is 0 Å². The summed E-state index contributed by atoms with van der Waals surface area (Å²) >= 11 is 0. The molecule has 0 aliphatic carbocycles. The van der Waals surface area contributed by atoms with Crippen molar-refractivity contribution in [1.29, 1.82) is 0 Å². The lowest BCUT2D eigenvalue weighted by molar-refractivity contribution is -0.139. The Bertz CT molecular complexity index is 540. The zero-order valence-electron chi connectivity index (χ0n) is 14.1. The molecule has 8 nitrogen and oxygen atoms in total. The van der Waals surface area contributed by atoms with Crippen molar-refractivity contribution in [1.82, 2.24) is 20.4 Å². The van der Waals surface area contributed by atoms with Crippen LogP contribution in [0.1, 0.15) is 13.3 Å². The van der Waals surface area contributed by atoms with Crippen molar-refractivity contribution in [2.45, 2.75) is 13.3 Å². The van der Waals surface area contributed by atoms with Gasteiger partial charge in [0.25, 0.3) is 0 Å². The summed E-state index contributed by atoms with van der Waals surface area (Å²) in [5.41, 5.74) is 0.522. The van der Waals surface area contributed by atoms with Crippen molar-refractivity contribution in [3.8, 4) is 0 Å². The van der Waals surface area contributed by atoms with Gasteiger partial charge in [0.2, 0.25) is 11.8 Å². The van der Waals surface area contributed by atoms with Gasteiger partial charge in [0, 0.05) is 45.0 Å². The molecule has 4 amide bonds. The lowest BCUT2D eigenvalue weighted by Gasteiger charge is -2.30. The lowest BCUT2D eigenvalue weighted by Crippen LogP contribution is -2.59. The maximum absolute atomic E-state index is 12.5. The molecule has 132 valence electrons. The average molecular weight is 335 g/mol. The predicted octanol–water partition coefficient (Wildman–Crippen LogP) is -0.377. The SMILES string of the molecule is C=CCN1C(=O)NC(=O)C(C(CC)=NCCN2CCNCC2)C1=O. The molecule has 0 bridgehead atoms. The highest BCUT2D eigenvalue weighted by molar-refractivity contribution is 6.27. The van der Waals surface area contributed by atoms with Crippen LogP contribution in [0, 0.1) is 5.92 Å².